The van der Waals surface area contributed by atoms with E-state index in [2.05, 4.69) is 32.1 Å². The highest BCUT2D eigenvalue weighted by Crippen LogP contribution is 2.24. The predicted octanol–water partition coefficient (Wildman–Crippen LogP) is 4.80. The van der Waals surface area contributed by atoms with Crippen LogP contribution in [0.15, 0.2) is 36.7 Å². The Labute approximate surface area is 174 Å². The molecule has 0 fully saturated rings. The van der Waals surface area contributed by atoms with Crippen molar-refractivity contribution in [2.45, 2.75) is 45.6 Å². The Hall–Kier alpha value is -2.98. The summed E-state index contributed by atoms with van der Waals surface area (Å²) in [6, 6.07) is 7.79. The number of ether oxygens (including phenoxy) is 1. The molecule has 0 atom stereocenters. The van der Waals surface area contributed by atoms with E-state index in [9.17, 15) is 4.79 Å². The monoisotopic (exact) mass is 408 g/mol. The maximum absolute atomic E-state index is 11.5. The lowest BCUT2D eigenvalue weighted by atomic mass is 10.2. The molecule has 0 saturated heterocycles. The van der Waals surface area contributed by atoms with Crippen molar-refractivity contribution in [2.75, 3.05) is 6.54 Å². The van der Waals surface area contributed by atoms with Gasteiger partial charge in [-0.05, 0) is 51.7 Å². The highest BCUT2D eigenvalue weighted by atomic mass is 32.1. The molecular weight excluding hydrogens is 384 g/mol. The molecule has 29 heavy (non-hydrogen) atoms. The Bertz CT molecular complexity index is 1040. The molecule has 6 nitrogen and oxygen atoms in total. The summed E-state index contributed by atoms with van der Waals surface area (Å²) in [4.78, 5) is 26.0. The fourth-order valence-electron chi connectivity index (χ4n) is 2.51. The van der Waals surface area contributed by atoms with Gasteiger partial charge in [0.25, 0.3) is 0 Å². The summed E-state index contributed by atoms with van der Waals surface area (Å²) in [5, 5.41) is 3.52. The molecule has 1 N–H and O–H groups in total. The zero-order chi connectivity index (χ0) is 20.7. The van der Waals surface area contributed by atoms with Crippen molar-refractivity contribution < 1.29 is 9.53 Å². The maximum Gasteiger partial charge on any atom is 0.407 e. The largest absolute Gasteiger partial charge is 0.444 e. The Balaban J connectivity index is 1.45. The van der Waals surface area contributed by atoms with Gasteiger partial charge in [-0.15, -0.1) is 11.3 Å². The van der Waals surface area contributed by atoms with Crippen LogP contribution in [0.5, 0.6) is 0 Å². The van der Waals surface area contributed by atoms with Gasteiger partial charge in [0.05, 0.1) is 22.1 Å². The predicted molar refractivity (Wildman–Crippen MR) is 116 cm³/mol. The normalized spacial score (nSPS) is 11.0. The third-order valence-electron chi connectivity index (χ3n) is 3.80. The molecule has 1 amide bonds. The number of carbonyl (C=O) groups is 1. The minimum atomic E-state index is -0.472. The number of aromatic nitrogens is 3. The maximum atomic E-state index is 11.5. The highest BCUT2D eigenvalue weighted by Gasteiger charge is 2.15. The molecule has 0 aliphatic rings. The Morgan fingerprint density at radius 1 is 1.14 bits per heavy atom. The van der Waals surface area contributed by atoms with Crippen LogP contribution in [0.2, 0.25) is 0 Å². The number of carbonyl (C=O) groups excluding carboxylic acids is 1. The standard InChI is InChI=1S/C22H24N4O2S/c1-22(2,3)28-21(27)23-13-9-5-4-6-12-20-25-15-19(29-20)18-14-24-16-10-7-8-11-17(16)26-18/h7-8,10-11,14-15H,4-5,9,13H2,1-3H3,(H,23,27). The zero-order valence-corrected chi connectivity index (χ0v) is 17.7. The number of fused-ring (bicyclic) bond motifs is 1. The zero-order valence-electron chi connectivity index (χ0n) is 16.9. The number of amides is 1. The van der Waals surface area contributed by atoms with Crippen molar-refractivity contribution in [3.8, 4) is 22.4 Å². The molecule has 0 aliphatic heterocycles. The minimum absolute atomic E-state index is 0.379. The molecule has 0 bridgehead atoms. The van der Waals surface area contributed by atoms with Crippen molar-refractivity contribution in [1.29, 1.82) is 0 Å². The van der Waals surface area contributed by atoms with Crippen LogP contribution in [-0.2, 0) is 4.74 Å². The first-order valence-corrected chi connectivity index (χ1v) is 10.4. The van der Waals surface area contributed by atoms with Crippen LogP contribution in [0.4, 0.5) is 4.79 Å². The van der Waals surface area contributed by atoms with Crippen LogP contribution < -0.4 is 5.32 Å². The lowest BCUT2D eigenvalue weighted by Gasteiger charge is -2.19. The van der Waals surface area contributed by atoms with Crippen LogP contribution in [-0.4, -0.2) is 33.2 Å². The molecule has 0 unspecified atom stereocenters. The molecule has 0 saturated carbocycles. The summed E-state index contributed by atoms with van der Waals surface area (Å²) in [6.45, 7) is 6.12. The molecule has 7 heteroatoms. The van der Waals surface area contributed by atoms with Gasteiger partial charge in [-0.25, -0.2) is 14.8 Å². The molecule has 3 aromatic rings. The van der Waals surface area contributed by atoms with Gasteiger partial charge in [0.1, 0.15) is 11.3 Å². The first-order chi connectivity index (χ1) is 13.9. The summed E-state index contributed by atoms with van der Waals surface area (Å²) in [5.41, 5.74) is 2.08. The van der Waals surface area contributed by atoms with Gasteiger partial charge in [0.2, 0.25) is 0 Å². The first-order valence-electron chi connectivity index (χ1n) is 9.54. The van der Waals surface area contributed by atoms with Crippen LogP contribution >= 0.6 is 11.3 Å². The summed E-state index contributed by atoms with van der Waals surface area (Å²) in [6.07, 6.45) is 5.68. The summed E-state index contributed by atoms with van der Waals surface area (Å²) >= 11 is 1.51. The second-order valence-electron chi connectivity index (χ2n) is 7.46. The molecule has 1 aromatic carbocycles. The Kier molecular flexibility index (Phi) is 6.78. The SMILES string of the molecule is CC(C)(C)OC(=O)NCCCCC#Cc1ncc(-c2cnc3ccccc3n2)s1. The van der Waals surface area contributed by atoms with Gasteiger partial charge >= 0.3 is 6.09 Å². The van der Waals surface area contributed by atoms with E-state index in [4.69, 9.17) is 4.74 Å². The van der Waals surface area contributed by atoms with E-state index in [1.54, 1.807) is 12.4 Å². The van der Waals surface area contributed by atoms with Crippen LogP contribution in [0.3, 0.4) is 0 Å². The van der Waals surface area contributed by atoms with E-state index in [-0.39, 0.29) is 6.09 Å². The van der Waals surface area contributed by atoms with E-state index in [1.807, 2.05) is 45.0 Å². The van der Waals surface area contributed by atoms with Gasteiger partial charge < -0.3 is 10.1 Å². The van der Waals surface area contributed by atoms with E-state index in [1.165, 1.54) is 11.3 Å². The number of alkyl carbamates (subject to hydrolysis) is 1. The molecule has 150 valence electrons. The van der Waals surface area contributed by atoms with Gasteiger partial charge in [-0.1, -0.05) is 18.1 Å². The lowest BCUT2D eigenvalue weighted by Crippen LogP contribution is -2.32. The number of rotatable bonds is 5. The van der Waals surface area contributed by atoms with Gasteiger partial charge in [0, 0.05) is 19.2 Å². The second-order valence-corrected chi connectivity index (χ2v) is 8.49. The van der Waals surface area contributed by atoms with Gasteiger partial charge in [-0.2, -0.15) is 0 Å². The number of hydrogen-bond donors (Lipinski definition) is 1. The van der Waals surface area contributed by atoms with E-state index < -0.39 is 5.60 Å². The number of unbranched alkanes of at least 4 members (excludes halogenated alkanes) is 2. The molecule has 0 aliphatic carbocycles. The number of benzene rings is 1. The molecular formula is C22H24N4O2S. The smallest absolute Gasteiger partial charge is 0.407 e. The van der Waals surface area contributed by atoms with Crippen molar-refractivity contribution >= 4 is 28.5 Å². The molecule has 0 radical (unpaired) electrons. The fourth-order valence-corrected chi connectivity index (χ4v) is 3.25. The number of hydrogen-bond acceptors (Lipinski definition) is 6. The van der Waals surface area contributed by atoms with Crippen LogP contribution in [0, 0.1) is 11.8 Å². The highest BCUT2D eigenvalue weighted by molar-refractivity contribution is 7.15. The number of para-hydroxylation sites is 2. The van der Waals surface area contributed by atoms with E-state index in [0.29, 0.717) is 6.54 Å². The average Bonchev–Trinajstić information content (AvgIpc) is 3.14. The van der Waals surface area contributed by atoms with E-state index >= 15 is 0 Å². The Morgan fingerprint density at radius 3 is 2.72 bits per heavy atom. The fraction of sp³-hybridized carbons (Fsp3) is 0.364. The van der Waals surface area contributed by atoms with Crippen molar-refractivity contribution in [1.82, 2.24) is 20.3 Å². The number of nitrogens with zero attached hydrogens (tertiary/aromatic N) is 3. The third-order valence-corrected chi connectivity index (χ3v) is 4.73. The number of thiazole rings is 1. The minimum Gasteiger partial charge on any atom is -0.444 e. The first kappa shape index (κ1) is 20.7. The molecule has 2 heterocycles. The summed E-state index contributed by atoms with van der Waals surface area (Å²) in [7, 11) is 0. The van der Waals surface area contributed by atoms with E-state index in [0.717, 1.165) is 45.9 Å². The molecule has 0 spiro atoms. The lowest BCUT2D eigenvalue weighted by molar-refractivity contribution is 0.0527. The molecule has 2 aromatic heterocycles. The Morgan fingerprint density at radius 2 is 1.93 bits per heavy atom. The molecule has 3 rings (SSSR count). The topological polar surface area (TPSA) is 77.0 Å². The van der Waals surface area contributed by atoms with Gasteiger partial charge in [0.15, 0.2) is 5.01 Å². The number of nitrogens with one attached hydrogen (secondary N) is 1. The van der Waals surface area contributed by atoms with Crippen LogP contribution in [0.25, 0.3) is 21.6 Å². The quantitative estimate of drug-likeness (QED) is 0.485. The summed E-state index contributed by atoms with van der Waals surface area (Å²) < 4.78 is 5.19. The van der Waals surface area contributed by atoms with Crippen molar-refractivity contribution in [3.63, 3.8) is 0 Å². The van der Waals surface area contributed by atoms with Crippen molar-refractivity contribution in [3.05, 3.63) is 41.7 Å². The second kappa shape index (κ2) is 9.48. The van der Waals surface area contributed by atoms with Crippen molar-refractivity contribution in [2.24, 2.45) is 0 Å². The summed E-state index contributed by atoms with van der Waals surface area (Å²) in [5.74, 6) is 6.24. The average molecular weight is 409 g/mol. The third kappa shape index (κ3) is 6.54. The van der Waals surface area contributed by atoms with Gasteiger partial charge in [-0.3, -0.25) is 4.98 Å². The van der Waals surface area contributed by atoms with Crippen LogP contribution in [0.1, 0.15) is 45.0 Å².